The summed E-state index contributed by atoms with van der Waals surface area (Å²) in [5.41, 5.74) is 6.73. The van der Waals surface area contributed by atoms with E-state index in [1.807, 2.05) is 30.3 Å². The molecule has 1 aliphatic heterocycles. The Balaban J connectivity index is 1.88. The van der Waals surface area contributed by atoms with Crippen LogP contribution >= 0.6 is 0 Å². The van der Waals surface area contributed by atoms with Crippen LogP contribution in [0.2, 0.25) is 0 Å². The zero-order chi connectivity index (χ0) is 15.3. The van der Waals surface area contributed by atoms with Crippen molar-refractivity contribution in [3.05, 3.63) is 35.9 Å². The lowest BCUT2D eigenvalue weighted by molar-refractivity contribution is -0.123. The first-order valence-electron chi connectivity index (χ1n) is 7.42. The van der Waals surface area contributed by atoms with Crippen molar-refractivity contribution in [2.45, 2.75) is 25.4 Å². The highest BCUT2D eigenvalue weighted by Gasteiger charge is 2.29. The molecular formula is C16H25N3O2. The van der Waals surface area contributed by atoms with Crippen molar-refractivity contribution in [3.8, 4) is 0 Å². The SMILES string of the molecule is CC(C)(CNC(=O)[C@@H](N)c1ccccc1)N1CCOCC1. The maximum absolute atomic E-state index is 12.2. The maximum Gasteiger partial charge on any atom is 0.241 e. The Bertz CT molecular complexity index is 456. The van der Waals surface area contributed by atoms with Gasteiger partial charge in [-0.25, -0.2) is 0 Å². The van der Waals surface area contributed by atoms with E-state index < -0.39 is 6.04 Å². The summed E-state index contributed by atoms with van der Waals surface area (Å²) in [7, 11) is 0. The van der Waals surface area contributed by atoms with E-state index >= 15 is 0 Å². The third-order valence-corrected chi connectivity index (χ3v) is 4.00. The van der Waals surface area contributed by atoms with Gasteiger partial charge in [0.15, 0.2) is 0 Å². The smallest absolute Gasteiger partial charge is 0.241 e. The topological polar surface area (TPSA) is 67.6 Å². The molecule has 1 atom stereocenters. The van der Waals surface area contributed by atoms with E-state index in [4.69, 9.17) is 10.5 Å². The number of hydrogen-bond acceptors (Lipinski definition) is 4. The summed E-state index contributed by atoms with van der Waals surface area (Å²) >= 11 is 0. The first-order valence-corrected chi connectivity index (χ1v) is 7.42. The number of hydrogen-bond donors (Lipinski definition) is 2. The summed E-state index contributed by atoms with van der Waals surface area (Å²) in [5, 5.41) is 2.97. The fourth-order valence-corrected chi connectivity index (χ4v) is 2.51. The number of ether oxygens (including phenoxy) is 1. The molecule has 21 heavy (non-hydrogen) atoms. The molecule has 1 fully saturated rings. The summed E-state index contributed by atoms with van der Waals surface area (Å²) in [5.74, 6) is -0.137. The van der Waals surface area contributed by atoms with Gasteiger partial charge in [-0.3, -0.25) is 9.69 Å². The van der Waals surface area contributed by atoms with Crippen molar-refractivity contribution in [3.63, 3.8) is 0 Å². The quantitative estimate of drug-likeness (QED) is 0.846. The van der Waals surface area contributed by atoms with Gasteiger partial charge in [-0.2, -0.15) is 0 Å². The normalized spacial score (nSPS) is 18.2. The predicted molar refractivity (Wildman–Crippen MR) is 82.9 cm³/mol. The summed E-state index contributed by atoms with van der Waals surface area (Å²) < 4.78 is 5.37. The Morgan fingerprint density at radius 1 is 1.33 bits per heavy atom. The Hall–Kier alpha value is -1.43. The molecule has 2 rings (SSSR count). The standard InChI is InChI=1S/C16H25N3O2/c1-16(2,19-8-10-21-11-9-19)12-18-15(20)14(17)13-6-4-3-5-7-13/h3-7,14H,8-12,17H2,1-2H3,(H,18,20)/t14-/m0/s1. The monoisotopic (exact) mass is 291 g/mol. The molecule has 0 unspecified atom stereocenters. The molecule has 1 aromatic carbocycles. The maximum atomic E-state index is 12.2. The molecule has 3 N–H and O–H groups in total. The molecular weight excluding hydrogens is 266 g/mol. The van der Waals surface area contributed by atoms with Crippen molar-refractivity contribution in [1.82, 2.24) is 10.2 Å². The second-order valence-corrected chi connectivity index (χ2v) is 6.02. The van der Waals surface area contributed by atoms with Crippen LogP contribution in [-0.4, -0.2) is 49.2 Å². The van der Waals surface area contributed by atoms with Gasteiger partial charge in [0.05, 0.1) is 13.2 Å². The van der Waals surface area contributed by atoms with Gasteiger partial charge in [0.25, 0.3) is 0 Å². The lowest BCUT2D eigenvalue weighted by Crippen LogP contribution is -2.56. The number of morpholine rings is 1. The van der Waals surface area contributed by atoms with Gasteiger partial charge in [-0.1, -0.05) is 30.3 Å². The van der Waals surface area contributed by atoms with E-state index in [1.165, 1.54) is 0 Å². The number of rotatable bonds is 5. The van der Waals surface area contributed by atoms with Gasteiger partial charge in [0.1, 0.15) is 6.04 Å². The highest BCUT2D eigenvalue weighted by molar-refractivity contribution is 5.82. The third kappa shape index (κ3) is 4.27. The van der Waals surface area contributed by atoms with Gasteiger partial charge in [0, 0.05) is 25.2 Å². The molecule has 116 valence electrons. The molecule has 5 heteroatoms. The molecule has 0 saturated carbocycles. The van der Waals surface area contributed by atoms with Gasteiger partial charge < -0.3 is 15.8 Å². The molecule has 1 aliphatic rings. The van der Waals surface area contributed by atoms with Crippen molar-refractivity contribution in [2.75, 3.05) is 32.8 Å². The third-order valence-electron chi connectivity index (χ3n) is 4.00. The number of carbonyl (C=O) groups is 1. The van der Waals surface area contributed by atoms with E-state index in [0.29, 0.717) is 6.54 Å². The number of benzene rings is 1. The highest BCUT2D eigenvalue weighted by atomic mass is 16.5. The fraction of sp³-hybridized carbons (Fsp3) is 0.562. The lowest BCUT2D eigenvalue weighted by Gasteiger charge is -2.41. The summed E-state index contributed by atoms with van der Waals surface area (Å²) in [4.78, 5) is 14.5. The molecule has 1 heterocycles. The Kier molecular flexibility index (Phi) is 5.33. The average Bonchev–Trinajstić information content (AvgIpc) is 2.53. The molecule has 0 aliphatic carbocycles. The lowest BCUT2D eigenvalue weighted by atomic mass is 10.0. The first-order chi connectivity index (χ1) is 10.0. The minimum absolute atomic E-state index is 0.101. The highest BCUT2D eigenvalue weighted by Crippen LogP contribution is 2.16. The van der Waals surface area contributed by atoms with Crippen LogP contribution in [0, 0.1) is 0 Å². The van der Waals surface area contributed by atoms with Crippen LogP contribution in [0.3, 0.4) is 0 Å². The second-order valence-electron chi connectivity index (χ2n) is 6.02. The minimum atomic E-state index is -0.619. The number of amides is 1. The second kappa shape index (κ2) is 7.02. The number of nitrogens with zero attached hydrogens (tertiary/aromatic N) is 1. The molecule has 0 aromatic heterocycles. The molecule has 0 spiro atoms. The van der Waals surface area contributed by atoms with Crippen molar-refractivity contribution >= 4 is 5.91 Å². The Morgan fingerprint density at radius 2 is 1.95 bits per heavy atom. The molecule has 0 bridgehead atoms. The van der Waals surface area contributed by atoms with E-state index in [9.17, 15) is 4.79 Å². The largest absolute Gasteiger partial charge is 0.379 e. The molecule has 5 nitrogen and oxygen atoms in total. The number of carbonyl (C=O) groups excluding carboxylic acids is 1. The van der Waals surface area contributed by atoms with Crippen molar-refractivity contribution in [2.24, 2.45) is 5.73 Å². The molecule has 1 saturated heterocycles. The van der Waals surface area contributed by atoms with E-state index in [2.05, 4.69) is 24.1 Å². The average molecular weight is 291 g/mol. The van der Waals surface area contributed by atoms with Crippen LogP contribution in [0.25, 0.3) is 0 Å². The van der Waals surface area contributed by atoms with E-state index in [0.717, 1.165) is 31.9 Å². The zero-order valence-corrected chi connectivity index (χ0v) is 12.8. The molecule has 0 radical (unpaired) electrons. The van der Waals surface area contributed by atoms with Gasteiger partial charge in [-0.05, 0) is 19.4 Å². The van der Waals surface area contributed by atoms with E-state index in [1.54, 1.807) is 0 Å². The molecule has 1 amide bonds. The Labute approximate surface area is 126 Å². The van der Waals surface area contributed by atoms with Crippen LogP contribution in [0.4, 0.5) is 0 Å². The van der Waals surface area contributed by atoms with E-state index in [-0.39, 0.29) is 11.4 Å². The van der Waals surface area contributed by atoms with Gasteiger partial charge >= 0.3 is 0 Å². The van der Waals surface area contributed by atoms with Crippen LogP contribution in [-0.2, 0) is 9.53 Å². The molecule has 1 aromatic rings. The van der Waals surface area contributed by atoms with Gasteiger partial charge in [0.2, 0.25) is 5.91 Å². The number of nitrogens with two attached hydrogens (primary N) is 1. The first kappa shape index (κ1) is 15.9. The van der Waals surface area contributed by atoms with Crippen LogP contribution < -0.4 is 11.1 Å². The van der Waals surface area contributed by atoms with Crippen molar-refractivity contribution < 1.29 is 9.53 Å². The minimum Gasteiger partial charge on any atom is -0.379 e. The van der Waals surface area contributed by atoms with Crippen LogP contribution in [0.5, 0.6) is 0 Å². The Morgan fingerprint density at radius 3 is 2.57 bits per heavy atom. The summed E-state index contributed by atoms with van der Waals surface area (Å²) in [6, 6.07) is 8.82. The fourth-order valence-electron chi connectivity index (χ4n) is 2.51. The summed E-state index contributed by atoms with van der Waals surface area (Å²) in [6.07, 6.45) is 0. The van der Waals surface area contributed by atoms with Crippen LogP contribution in [0.1, 0.15) is 25.5 Å². The number of nitrogens with one attached hydrogen (secondary N) is 1. The summed E-state index contributed by atoms with van der Waals surface area (Å²) in [6.45, 7) is 8.13. The zero-order valence-electron chi connectivity index (χ0n) is 12.8. The van der Waals surface area contributed by atoms with Crippen LogP contribution in [0.15, 0.2) is 30.3 Å². The van der Waals surface area contributed by atoms with Gasteiger partial charge in [-0.15, -0.1) is 0 Å². The predicted octanol–water partition coefficient (Wildman–Crippen LogP) is 0.913. The van der Waals surface area contributed by atoms with Crippen molar-refractivity contribution in [1.29, 1.82) is 0 Å².